The van der Waals surface area contributed by atoms with Crippen LogP contribution in [0, 0.1) is 0 Å². The lowest BCUT2D eigenvalue weighted by Gasteiger charge is -2.34. The largest absolute Gasteiger partial charge is 0.309 e. The van der Waals surface area contributed by atoms with Gasteiger partial charge in [-0.05, 0) is 118 Å². The third-order valence-electron chi connectivity index (χ3n) is 16.5. The van der Waals surface area contributed by atoms with Gasteiger partial charge in [-0.25, -0.2) is 0 Å². The average Bonchev–Trinajstić information content (AvgIpc) is 4.29. The second kappa shape index (κ2) is 17.0. The molecule has 4 aromatic heterocycles. The van der Waals surface area contributed by atoms with Gasteiger partial charge in [0.25, 0.3) is 0 Å². The summed E-state index contributed by atoms with van der Waals surface area (Å²) in [5, 5.41) is 15.3. The molecule has 0 aliphatic rings. The van der Waals surface area contributed by atoms with Gasteiger partial charge in [0.2, 0.25) is 0 Å². The summed E-state index contributed by atoms with van der Waals surface area (Å²) in [6.07, 6.45) is 0. The molecule has 0 spiro atoms. The van der Waals surface area contributed by atoms with Crippen molar-refractivity contribution in [1.82, 2.24) is 18.3 Å². The maximum absolute atomic E-state index is 2.78. The summed E-state index contributed by atoms with van der Waals surface area (Å²) < 4.78 is 9.84. The third-order valence-corrected chi connectivity index (χ3v) is 21.2. The fraction of sp³-hybridized carbons (Fsp3) is 0. The lowest BCUT2D eigenvalue weighted by Crippen LogP contribution is -2.74. The zero-order chi connectivity index (χ0) is 50.6. The van der Waals surface area contributed by atoms with Gasteiger partial charge in [0.05, 0.1) is 44.1 Å². The molecule has 0 aliphatic carbocycles. The van der Waals surface area contributed by atoms with Crippen LogP contribution >= 0.6 is 0 Å². The molecule has 16 rings (SSSR count). The van der Waals surface area contributed by atoms with E-state index in [0.29, 0.717) is 0 Å². The number of aromatic nitrogens is 4. The number of hydrogen-bond donors (Lipinski definition) is 0. The summed E-state index contributed by atoms with van der Waals surface area (Å²) in [6, 6.07) is 108. The quantitative estimate of drug-likeness (QED) is 0.107. The molecule has 4 heterocycles. The van der Waals surface area contributed by atoms with Crippen molar-refractivity contribution in [3.8, 4) is 22.7 Å². The SMILES string of the molecule is c1ccc(-n2c3ccccc3c3cc4c(cc32)c2ccccc2n4-c2ccc3c(c2)c2ccccc2n3-c2ccc3c(c2)c2ccccc2n3-c2cccc([Si](c3ccccc3)(c3ccccc3)c3ccccc3)c2)cc1. The van der Waals surface area contributed by atoms with Crippen LogP contribution in [-0.4, -0.2) is 26.3 Å². The van der Waals surface area contributed by atoms with Crippen LogP contribution in [0.5, 0.6) is 0 Å². The predicted molar refractivity (Wildman–Crippen MR) is 327 cm³/mol. The van der Waals surface area contributed by atoms with Crippen molar-refractivity contribution in [2.75, 3.05) is 0 Å². The van der Waals surface area contributed by atoms with E-state index in [-0.39, 0.29) is 0 Å². The molecular weight excluding hydrogens is 949 g/mol. The smallest absolute Gasteiger partial charge is 0.179 e. The Morgan fingerprint density at radius 2 is 0.455 bits per heavy atom. The van der Waals surface area contributed by atoms with Crippen molar-refractivity contribution >= 4 is 116 Å². The van der Waals surface area contributed by atoms with Crippen molar-refractivity contribution in [3.05, 3.63) is 291 Å². The Morgan fingerprint density at radius 1 is 0.169 bits per heavy atom. The minimum absolute atomic E-state index is 1.13. The number of benzene rings is 12. The molecule has 0 amide bonds. The first-order chi connectivity index (χ1) is 38.2. The van der Waals surface area contributed by atoms with Crippen LogP contribution in [0.4, 0.5) is 0 Å². The Bertz CT molecular complexity index is 4870. The first-order valence-corrected chi connectivity index (χ1v) is 28.6. The van der Waals surface area contributed by atoms with Gasteiger partial charge < -0.3 is 18.3 Å². The highest BCUT2D eigenvalue weighted by Crippen LogP contribution is 2.42. The zero-order valence-electron chi connectivity index (χ0n) is 42.0. The van der Waals surface area contributed by atoms with E-state index in [4.69, 9.17) is 0 Å². The van der Waals surface area contributed by atoms with E-state index in [0.717, 1.165) is 22.7 Å². The molecule has 0 radical (unpaired) electrons. The second-order valence-corrected chi connectivity index (χ2v) is 24.2. The Morgan fingerprint density at radius 3 is 0.870 bits per heavy atom. The minimum Gasteiger partial charge on any atom is -0.309 e. The molecule has 4 nitrogen and oxygen atoms in total. The Hall–Kier alpha value is -9.94. The number of rotatable bonds is 8. The number of para-hydroxylation sites is 5. The van der Waals surface area contributed by atoms with Crippen LogP contribution in [0.15, 0.2) is 291 Å². The van der Waals surface area contributed by atoms with Crippen molar-refractivity contribution in [2.24, 2.45) is 0 Å². The zero-order valence-corrected chi connectivity index (χ0v) is 43.0. The van der Waals surface area contributed by atoms with Crippen LogP contribution in [0.3, 0.4) is 0 Å². The summed E-state index contributed by atoms with van der Waals surface area (Å²) in [6.45, 7) is 0. The van der Waals surface area contributed by atoms with Gasteiger partial charge in [-0.15, -0.1) is 0 Å². The van der Waals surface area contributed by atoms with Gasteiger partial charge in [-0.2, -0.15) is 0 Å². The molecule has 77 heavy (non-hydrogen) atoms. The molecular formula is C72H48N4Si. The lowest BCUT2D eigenvalue weighted by molar-refractivity contribution is 1.16. The number of nitrogens with zero attached hydrogens (tertiary/aromatic N) is 4. The van der Waals surface area contributed by atoms with Crippen molar-refractivity contribution in [1.29, 1.82) is 0 Å². The summed E-state index contributed by atoms with van der Waals surface area (Å²) in [5.41, 5.74) is 14.1. The van der Waals surface area contributed by atoms with E-state index >= 15 is 0 Å². The first-order valence-electron chi connectivity index (χ1n) is 26.6. The predicted octanol–water partition coefficient (Wildman–Crippen LogP) is 15.5. The molecule has 0 saturated carbocycles. The van der Waals surface area contributed by atoms with Gasteiger partial charge in [0.15, 0.2) is 8.07 Å². The van der Waals surface area contributed by atoms with E-state index in [1.807, 2.05) is 0 Å². The third kappa shape index (κ3) is 6.38. The van der Waals surface area contributed by atoms with Gasteiger partial charge in [0, 0.05) is 65.8 Å². The van der Waals surface area contributed by atoms with E-state index in [1.165, 1.54) is 108 Å². The lowest BCUT2D eigenvalue weighted by atomic mass is 10.1. The highest BCUT2D eigenvalue weighted by Gasteiger charge is 2.41. The molecule has 12 aromatic carbocycles. The summed E-state index contributed by atoms with van der Waals surface area (Å²) in [4.78, 5) is 0. The molecule has 0 fully saturated rings. The van der Waals surface area contributed by atoms with Crippen LogP contribution in [-0.2, 0) is 0 Å². The summed E-state index contributed by atoms with van der Waals surface area (Å²) >= 11 is 0. The van der Waals surface area contributed by atoms with E-state index in [9.17, 15) is 0 Å². The molecule has 5 heteroatoms. The molecule has 0 unspecified atom stereocenters. The van der Waals surface area contributed by atoms with Crippen LogP contribution in [0.1, 0.15) is 0 Å². The van der Waals surface area contributed by atoms with E-state index in [1.54, 1.807) is 0 Å². The average molecular weight is 997 g/mol. The standard InChI is InChI=1S/C72H48N4Si/c1-5-22-49(23-6-1)73-65-36-17-15-34-59(65)63-48-72-64(47-71(63)73)60-35-16-20-39-68(60)76(72)52-41-43-70-62(46-52)58-33-14-19-38-67(58)75(70)51-40-42-69-61(45-51)57-32-13-18-37-66(57)74(69)50-24-21-31-56(44-50)77(53-25-7-2-8-26-53,54-27-9-3-10-28-54)55-29-11-4-12-30-55/h1-48H. The van der Waals surface area contributed by atoms with E-state index < -0.39 is 8.07 Å². The summed E-state index contributed by atoms with van der Waals surface area (Å²) in [5.74, 6) is 0. The van der Waals surface area contributed by atoms with Crippen LogP contribution < -0.4 is 20.7 Å². The molecule has 16 aromatic rings. The monoisotopic (exact) mass is 996 g/mol. The molecule has 360 valence electrons. The highest BCUT2D eigenvalue weighted by atomic mass is 28.3. The molecule has 0 atom stereocenters. The maximum atomic E-state index is 2.48. The summed E-state index contributed by atoms with van der Waals surface area (Å²) in [7, 11) is -2.78. The molecule has 0 bridgehead atoms. The molecule has 0 N–H and O–H groups in total. The van der Waals surface area contributed by atoms with Crippen molar-refractivity contribution in [2.45, 2.75) is 0 Å². The second-order valence-electron chi connectivity index (χ2n) is 20.4. The first kappa shape index (κ1) is 43.5. The topological polar surface area (TPSA) is 19.7 Å². The highest BCUT2D eigenvalue weighted by molar-refractivity contribution is 7.19. The van der Waals surface area contributed by atoms with Crippen molar-refractivity contribution in [3.63, 3.8) is 0 Å². The van der Waals surface area contributed by atoms with Crippen LogP contribution in [0.25, 0.3) is 110 Å². The van der Waals surface area contributed by atoms with Crippen LogP contribution in [0.2, 0.25) is 0 Å². The molecule has 0 saturated heterocycles. The Balaban J connectivity index is 0.875. The Labute approximate surface area is 445 Å². The van der Waals surface area contributed by atoms with Gasteiger partial charge in [-0.1, -0.05) is 194 Å². The Kier molecular flexibility index (Phi) is 9.62. The fourth-order valence-corrected chi connectivity index (χ4v) is 18.1. The number of fused-ring (bicyclic) bond motifs is 12. The minimum atomic E-state index is -2.78. The number of hydrogen-bond acceptors (Lipinski definition) is 0. The van der Waals surface area contributed by atoms with Gasteiger partial charge in [-0.3, -0.25) is 0 Å². The maximum Gasteiger partial charge on any atom is 0.179 e. The van der Waals surface area contributed by atoms with Gasteiger partial charge >= 0.3 is 0 Å². The van der Waals surface area contributed by atoms with E-state index in [2.05, 4.69) is 309 Å². The van der Waals surface area contributed by atoms with Gasteiger partial charge in [0.1, 0.15) is 0 Å². The van der Waals surface area contributed by atoms with Crippen molar-refractivity contribution < 1.29 is 0 Å². The molecule has 0 aliphatic heterocycles. The fourth-order valence-electron chi connectivity index (χ4n) is 13.3. The normalized spacial score (nSPS) is 12.2.